The van der Waals surface area contributed by atoms with Crippen molar-refractivity contribution < 1.29 is 100 Å². The Balaban J connectivity index is 0.000000211. The van der Waals surface area contributed by atoms with Gasteiger partial charge in [-0.05, 0) is 184 Å². The fraction of sp³-hybridized carbons (Fsp3) is 0.545. The number of carbonyl (C=O) groups is 9. The van der Waals surface area contributed by atoms with Gasteiger partial charge in [-0.25, -0.2) is 13.2 Å². The number of carbonyl (C=O) groups excluding carboxylic acids is 9. The molecule has 0 radical (unpaired) electrons. The van der Waals surface area contributed by atoms with Crippen LogP contribution in [0.25, 0.3) is 0 Å². The van der Waals surface area contributed by atoms with E-state index >= 15 is 0 Å². The predicted octanol–water partition coefficient (Wildman–Crippen LogP) is 5.21. The molecule has 9 amide bonds. The van der Waals surface area contributed by atoms with Gasteiger partial charge in [-0.2, -0.15) is 0 Å². The highest BCUT2D eigenvalue weighted by atomic mass is 35.5. The predicted molar refractivity (Wildman–Crippen MR) is 507 cm³/mol. The molecule has 6 aromatic carbocycles. The normalized spacial score (nSPS) is 24.7. The molecule has 15 N–H and O–H groups in total. The van der Waals surface area contributed by atoms with Crippen LogP contribution < -0.4 is 78.0 Å². The SMILES string of the molecule is CC(C)[C@H]1NC(=O)[C@@H](Cc2cc(F)c(O)c(F)c2)N[C@@H](C)COc2ccccc2CCCNC(=O)[C@H](CN2CCOCC2)NC1=O.CC(C)[C@H]1NC(=O)[C@@H](Cc2ccc(O)c(Cl)c2)N[C@@H](C)COc2ccccc2CCCNC(=O)[C@H](CN2CCOCC2)NC1=O.CC(C)[C@H]1NC(=O)[C@@H](Cc2ccc(O)c(F)c2)N[C@@H](C)COc2ccccc2CCCNC(=O)[C@H](CN2CCOCC2)NC1=O. The van der Waals surface area contributed by atoms with Gasteiger partial charge in [0.05, 0.1) is 62.8 Å². The van der Waals surface area contributed by atoms with E-state index in [1.807, 2.05) is 126 Å². The second-order valence-corrected chi connectivity index (χ2v) is 36.9. The summed E-state index contributed by atoms with van der Waals surface area (Å²) < 4.78 is 77.5. The summed E-state index contributed by atoms with van der Waals surface area (Å²) in [4.78, 5) is 129. The molecule has 0 unspecified atom stereocenters. The van der Waals surface area contributed by atoms with Crippen molar-refractivity contribution in [1.29, 1.82) is 0 Å². The van der Waals surface area contributed by atoms with Crippen LogP contribution in [0.15, 0.2) is 121 Å². The smallest absolute Gasteiger partial charge is 0.243 e. The molecular weight excluding hydrogens is 1780 g/mol. The fourth-order valence-electron chi connectivity index (χ4n) is 16.6. The van der Waals surface area contributed by atoms with Gasteiger partial charge in [0.2, 0.25) is 53.2 Å². The second-order valence-electron chi connectivity index (χ2n) is 36.5. The molecule has 0 aromatic heterocycles. The van der Waals surface area contributed by atoms with Crippen LogP contribution in [0.5, 0.6) is 34.5 Å². The van der Waals surface area contributed by atoms with E-state index in [0.29, 0.717) is 168 Å². The van der Waals surface area contributed by atoms with E-state index in [2.05, 4.69) is 73.6 Å². The van der Waals surface area contributed by atoms with Crippen molar-refractivity contribution in [2.75, 3.05) is 138 Å². The van der Waals surface area contributed by atoms with Crippen LogP contribution in [-0.2, 0) is 95.9 Å². The van der Waals surface area contributed by atoms with E-state index in [-0.39, 0.29) is 109 Å². The summed E-state index contributed by atoms with van der Waals surface area (Å²) in [7, 11) is 0. The van der Waals surface area contributed by atoms with Gasteiger partial charge in [0, 0.05) is 96.7 Å². The lowest BCUT2D eigenvalue weighted by atomic mass is 10.00. The molecule has 6 aliphatic rings. The van der Waals surface area contributed by atoms with Gasteiger partial charge in [0.1, 0.15) is 79.1 Å². The van der Waals surface area contributed by atoms with Crippen LogP contribution in [-0.4, -0.2) is 294 Å². The van der Waals surface area contributed by atoms with Gasteiger partial charge in [-0.3, -0.25) is 73.8 Å². The van der Waals surface area contributed by atoms with Gasteiger partial charge in [0.15, 0.2) is 29.0 Å². The Labute approximate surface area is 799 Å². The molecule has 6 aromatic rings. The van der Waals surface area contributed by atoms with Crippen LogP contribution in [0.2, 0.25) is 5.02 Å². The zero-order valence-corrected chi connectivity index (χ0v) is 80.0. The van der Waals surface area contributed by atoms with E-state index in [0.717, 1.165) is 45.9 Å². The number of amides is 9. The van der Waals surface area contributed by atoms with Crippen molar-refractivity contribution >= 4 is 64.8 Å². The maximum absolute atomic E-state index is 14.2. The van der Waals surface area contributed by atoms with Gasteiger partial charge < -0.3 is 91.6 Å². The van der Waals surface area contributed by atoms with Crippen LogP contribution in [0.3, 0.4) is 0 Å². The van der Waals surface area contributed by atoms with Crippen molar-refractivity contribution in [3.05, 3.63) is 177 Å². The van der Waals surface area contributed by atoms with E-state index in [1.165, 1.54) is 18.2 Å². The number of hydrogen-bond donors (Lipinski definition) is 15. The zero-order valence-electron chi connectivity index (χ0n) is 79.2. The first-order valence-electron chi connectivity index (χ1n) is 47.3. The minimum atomic E-state index is -1.15. The zero-order chi connectivity index (χ0) is 97.9. The number of halogens is 4. The van der Waals surface area contributed by atoms with Crippen LogP contribution in [0.1, 0.15) is 115 Å². The van der Waals surface area contributed by atoms with E-state index in [1.54, 1.807) is 32.0 Å². The molecule has 12 rings (SSSR count). The summed E-state index contributed by atoms with van der Waals surface area (Å²) in [5.74, 6) is -7.20. The number of phenols is 3. The second kappa shape index (κ2) is 54.3. The van der Waals surface area contributed by atoms with Gasteiger partial charge >= 0.3 is 0 Å². The van der Waals surface area contributed by atoms with E-state index in [9.17, 15) is 71.6 Å². The van der Waals surface area contributed by atoms with E-state index < -0.39 is 119 Å². The molecule has 3 fully saturated rings. The third-order valence-electron chi connectivity index (χ3n) is 24.3. The quantitative estimate of drug-likeness (QED) is 0.0627. The molecular formula is C99H137ClF3N15O18. The topological polar surface area (TPSA) is 424 Å². The summed E-state index contributed by atoms with van der Waals surface area (Å²) in [6, 6.07) is 24.9. The highest BCUT2D eigenvalue weighted by molar-refractivity contribution is 6.32. The Bertz CT molecular complexity index is 4690. The van der Waals surface area contributed by atoms with Crippen LogP contribution in [0, 0.1) is 35.2 Å². The Morgan fingerprint density at radius 2 is 0.654 bits per heavy atom. The molecule has 6 aliphatic heterocycles. The summed E-state index contributed by atoms with van der Waals surface area (Å²) in [5.41, 5.74) is 4.32. The monoisotopic (exact) mass is 1920 g/mol. The first kappa shape index (κ1) is 107. The standard InChI is InChI=1S/C33H46ClN5O6.C33H45F2N5O6.C33H46FN5O6/c1-21(2)30-33(43)37-27(19-39-13-15-44-16-14-39)31(41)35-12-6-8-24-7-4-5-9-29(24)45-20-22(3)36-26(32(42)38-30)18-23-10-11-28(40)25(34)17-23;1-20(2)29-33(44)38-27(18-40-11-13-45-14-12-40)31(42)36-10-6-8-23-7-4-5-9-28(23)46-19-21(3)37-26(32(43)39-29)17-22-15-24(34)30(41)25(35)16-22;1-21(2)30-33(43)37-27(19-39-13-15-44-16-14-39)31(41)35-12-6-8-24-7-4-5-9-29(24)45-20-22(3)36-26(32(42)38-30)18-23-10-11-28(40)25(34)17-23/h4-5,7,9-11,17,21-22,26-27,30,36,40H,6,8,12-16,18-20H2,1-3H3,(H,35,41)(H,37,43)(H,38,42);4-5,7,9,15-16,20-21,26-27,29,37,41H,6,8,10-14,17-19H2,1-3H3,(H,36,42)(H,38,44)(H,39,43);4-5,7,9-11,17,21-22,26-27,30,36,40H,6,8,12-16,18-20H2,1-3H3,(H,35,41)(H,37,43)(H,38,42)/t22-,26+,27-,30+;21-,26+,27-,29+;22-,26+,27-,30+/m000/s1. The lowest BCUT2D eigenvalue weighted by Gasteiger charge is -2.32. The molecule has 6 heterocycles. The minimum absolute atomic E-state index is 0.0461. The van der Waals surface area contributed by atoms with Crippen molar-refractivity contribution in [2.24, 2.45) is 17.8 Å². The Hall–Kier alpha value is -10.9. The molecule has 0 bridgehead atoms. The Morgan fingerprint density at radius 1 is 0.360 bits per heavy atom. The number of benzene rings is 6. The van der Waals surface area contributed by atoms with Gasteiger partial charge in [-0.15, -0.1) is 0 Å². The average molecular weight is 1920 g/mol. The molecule has 0 saturated carbocycles. The summed E-state index contributed by atoms with van der Waals surface area (Å²) in [5, 5.41) is 65.5. The number of para-hydroxylation sites is 3. The highest BCUT2D eigenvalue weighted by Gasteiger charge is 2.38. The van der Waals surface area contributed by atoms with Crippen molar-refractivity contribution in [1.82, 2.24) is 78.5 Å². The minimum Gasteiger partial charge on any atom is -0.506 e. The number of aromatic hydroxyl groups is 3. The number of hydrogen-bond acceptors (Lipinski definition) is 24. The van der Waals surface area contributed by atoms with Crippen molar-refractivity contribution in [3.8, 4) is 34.5 Å². The largest absolute Gasteiger partial charge is 0.506 e. The molecule has 37 heteroatoms. The first-order chi connectivity index (χ1) is 65.2. The molecule has 0 spiro atoms. The molecule has 3 saturated heterocycles. The summed E-state index contributed by atoms with van der Waals surface area (Å²) in [6.45, 7) is 26.5. The highest BCUT2D eigenvalue weighted by Crippen LogP contribution is 2.29. The van der Waals surface area contributed by atoms with Crippen molar-refractivity contribution in [2.45, 2.75) is 193 Å². The Kier molecular flexibility index (Phi) is 42.7. The maximum Gasteiger partial charge on any atom is 0.243 e. The lowest BCUT2D eigenvalue weighted by Crippen LogP contribution is -2.61. The number of phenolic OH excluding ortho intramolecular Hbond substituents is 3. The molecule has 33 nitrogen and oxygen atoms in total. The van der Waals surface area contributed by atoms with Gasteiger partial charge in [0.25, 0.3) is 0 Å². The lowest BCUT2D eigenvalue weighted by molar-refractivity contribution is -0.134. The number of aryl methyl sites for hydroxylation is 3. The average Bonchev–Trinajstić information content (AvgIpc) is 0.825. The van der Waals surface area contributed by atoms with Gasteiger partial charge in [-0.1, -0.05) is 120 Å². The first-order valence-corrected chi connectivity index (χ1v) is 47.7. The fourth-order valence-corrected chi connectivity index (χ4v) is 16.8. The molecule has 136 heavy (non-hydrogen) atoms. The number of morpholine rings is 3. The Morgan fingerprint density at radius 3 is 0.963 bits per heavy atom. The third-order valence-corrected chi connectivity index (χ3v) is 24.6. The molecule has 744 valence electrons. The third kappa shape index (κ3) is 34.1. The van der Waals surface area contributed by atoms with E-state index in [4.69, 9.17) is 40.0 Å². The number of nitrogens with zero attached hydrogens (tertiary/aromatic N) is 3. The molecule has 12 atom stereocenters. The van der Waals surface area contributed by atoms with Crippen LogP contribution >= 0.6 is 11.6 Å². The molecule has 0 aliphatic carbocycles. The number of rotatable bonds is 15. The number of fused-ring (bicyclic) bond motifs is 3. The van der Waals surface area contributed by atoms with Crippen LogP contribution in [0.4, 0.5) is 13.2 Å². The summed E-state index contributed by atoms with van der Waals surface area (Å²) in [6.07, 6.45) is 4.22. The maximum atomic E-state index is 14.2. The number of ether oxygens (including phenoxy) is 6. The summed E-state index contributed by atoms with van der Waals surface area (Å²) >= 11 is 6.17. The van der Waals surface area contributed by atoms with Crippen molar-refractivity contribution in [3.63, 3.8) is 0 Å². The number of nitrogens with one attached hydrogen (secondary N) is 12.